The number of amides is 1. The Bertz CT molecular complexity index is 1210. The van der Waals surface area contributed by atoms with Crippen LogP contribution < -0.4 is 5.32 Å². The second kappa shape index (κ2) is 10.7. The highest BCUT2D eigenvalue weighted by atomic mass is 16.5. The zero-order valence-electron chi connectivity index (χ0n) is 27.9. The van der Waals surface area contributed by atoms with Gasteiger partial charge in [0.1, 0.15) is 11.8 Å². The molecule has 0 aliphatic heterocycles. The Morgan fingerprint density at radius 1 is 0.884 bits per heavy atom. The molecule has 43 heavy (non-hydrogen) atoms. The molecular formula is C36H55NO6. The average molecular weight is 598 g/mol. The lowest BCUT2D eigenvalue weighted by Crippen LogP contribution is -2.67. The largest absolute Gasteiger partial charge is 0.469 e. The van der Waals surface area contributed by atoms with E-state index in [9.17, 15) is 19.2 Å². The second-order valence-electron chi connectivity index (χ2n) is 16.3. The van der Waals surface area contributed by atoms with E-state index < -0.39 is 23.4 Å². The maximum absolute atomic E-state index is 14.4. The van der Waals surface area contributed by atoms with Crippen LogP contribution in [-0.2, 0) is 28.7 Å². The highest BCUT2D eigenvalue weighted by Gasteiger charge is 2.72. The van der Waals surface area contributed by atoms with Crippen molar-refractivity contribution < 1.29 is 28.7 Å². The summed E-state index contributed by atoms with van der Waals surface area (Å²) < 4.78 is 9.78. The number of hydrogen-bond acceptors (Lipinski definition) is 6. The number of esters is 2. The molecule has 10 atom stereocenters. The number of fused-ring (bicyclic) bond motifs is 7. The van der Waals surface area contributed by atoms with Crippen LogP contribution in [0.3, 0.4) is 0 Å². The van der Waals surface area contributed by atoms with Crippen molar-refractivity contribution >= 4 is 23.6 Å². The molecule has 0 unspecified atom stereocenters. The molecular weight excluding hydrogens is 542 g/mol. The van der Waals surface area contributed by atoms with Gasteiger partial charge in [0.25, 0.3) is 0 Å². The fourth-order valence-electron chi connectivity index (χ4n) is 12.2. The SMILES string of the molecule is C=C(C)[C@@H]1CC[C@]2(C(=O)N[C@@H](CC(=O)OC)C(=O)OC)CC[C@]3(C)[C@H](CC[C@@H]4[C@@]5(C)CCC(=O)C(C)(C)[C@@H]5CC[C@]43C)[C@@H]12. The molecule has 0 aromatic carbocycles. The molecule has 1 N–H and O–H groups in total. The lowest BCUT2D eigenvalue weighted by molar-refractivity contribution is -0.233. The number of ether oxygens (including phenoxy) is 2. The van der Waals surface area contributed by atoms with Crippen LogP contribution in [0.5, 0.6) is 0 Å². The lowest BCUT2D eigenvalue weighted by atomic mass is 9.32. The second-order valence-corrected chi connectivity index (χ2v) is 16.3. The van der Waals surface area contributed by atoms with Gasteiger partial charge in [-0.3, -0.25) is 14.4 Å². The van der Waals surface area contributed by atoms with E-state index in [4.69, 9.17) is 9.47 Å². The molecule has 5 saturated carbocycles. The van der Waals surface area contributed by atoms with Gasteiger partial charge in [-0.05, 0) is 111 Å². The van der Waals surface area contributed by atoms with Gasteiger partial charge in [0.15, 0.2) is 0 Å². The molecule has 0 bridgehead atoms. The van der Waals surface area contributed by atoms with E-state index in [1.807, 2.05) is 0 Å². The van der Waals surface area contributed by atoms with Crippen LogP contribution in [0.15, 0.2) is 12.2 Å². The first-order valence-electron chi connectivity index (χ1n) is 16.7. The normalized spacial score (nSPS) is 43.6. The summed E-state index contributed by atoms with van der Waals surface area (Å²) in [6, 6.07) is -1.07. The fourth-order valence-corrected chi connectivity index (χ4v) is 12.2. The molecule has 0 aromatic heterocycles. The van der Waals surface area contributed by atoms with E-state index >= 15 is 0 Å². The molecule has 0 aromatic rings. The first-order chi connectivity index (χ1) is 20.0. The number of allylic oxidation sites excluding steroid dienone is 1. The third kappa shape index (κ3) is 4.47. The van der Waals surface area contributed by atoms with E-state index in [1.54, 1.807) is 0 Å². The Morgan fingerprint density at radius 3 is 2.21 bits per heavy atom. The number of ketones is 1. The minimum Gasteiger partial charge on any atom is -0.469 e. The minimum absolute atomic E-state index is 0.0513. The molecule has 1 amide bonds. The predicted molar refractivity (Wildman–Crippen MR) is 165 cm³/mol. The van der Waals surface area contributed by atoms with E-state index in [0.29, 0.717) is 30.0 Å². The molecule has 0 radical (unpaired) electrons. The highest BCUT2D eigenvalue weighted by molar-refractivity contribution is 5.91. The molecule has 0 spiro atoms. The molecule has 7 nitrogen and oxygen atoms in total. The molecule has 7 heteroatoms. The molecule has 0 heterocycles. The van der Waals surface area contributed by atoms with Crippen LogP contribution >= 0.6 is 0 Å². The Balaban J connectivity index is 1.50. The van der Waals surface area contributed by atoms with Gasteiger partial charge >= 0.3 is 11.9 Å². The molecule has 5 aliphatic rings. The average Bonchev–Trinajstić information content (AvgIpc) is 3.36. The smallest absolute Gasteiger partial charge is 0.328 e. The molecule has 5 aliphatic carbocycles. The zero-order chi connectivity index (χ0) is 31.8. The number of carbonyl (C=O) groups is 4. The summed E-state index contributed by atoms with van der Waals surface area (Å²) >= 11 is 0. The molecule has 240 valence electrons. The molecule has 5 rings (SSSR count). The van der Waals surface area contributed by atoms with Gasteiger partial charge < -0.3 is 14.8 Å². The van der Waals surface area contributed by atoms with E-state index in [0.717, 1.165) is 63.4 Å². The van der Waals surface area contributed by atoms with Gasteiger partial charge in [0.05, 0.1) is 26.1 Å². The maximum Gasteiger partial charge on any atom is 0.328 e. The quantitative estimate of drug-likeness (QED) is 0.280. The number of nitrogens with one attached hydrogen (secondary N) is 1. The summed E-state index contributed by atoms with van der Waals surface area (Å²) in [6.45, 7) is 18.5. The lowest BCUT2D eigenvalue weighted by Gasteiger charge is -2.72. The minimum atomic E-state index is -1.07. The topological polar surface area (TPSA) is 98.8 Å². The van der Waals surface area contributed by atoms with Crippen LogP contribution in [-0.4, -0.2) is 43.9 Å². The van der Waals surface area contributed by atoms with Gasteiger partial charge in [-0.1, -0.05) is 46.8 Å². The summed E-state index contributed by atoms with van der Waals surface area (Å²) in [5, 5.41) is 2.98. The first kappa shape index (κ1) is 32.2. The summed E-state index contributed by atoms with van der Waals surface area (Å²) in [5.41, 5.74) is 0.550. The van der Waals surface area contributed by atoms with Crippen molar-refractivity contribution in [2.45, 2.75) is 118 Å². The Kier molecular flexibility index (Phi) is 8.03. The molecule has 5 fully saturated rings. The van der Waals surface area contributed by atoms with E-state index in [-0.39, 0.29) is 45.8 Å². The molecule has 0 saturated heterocycles. The Labute approximate surface area is 258 Å². The number of carbonyl (C=O) groups excluding carboxylic acids is 4. The van der Waals surface area contributed by atoms with Crippen LogP contribution in [0.4, 0.5) is 0 Å². The summed E-state index contributed by atoms with van der Waals surface area (Å²) in [7, 11) is 2.55. The van der Waals surface area contributed by atoms with Crippen molar-refractivity contribution in [3.63, 3.8) is 0 Å². The van der Waals surface area contributed by atoms with Gasteiger partial charge in [-0.15, -0.1) is 0 Å². The van der Waals surface area contributed by atoms with E-state index in [2.05, 4.69) is 53.4 Å². The predicted octanol–water partition coefficient (Wildman–Crippen LogP) is 6.43. The van der Waals surface area contributed by atoms with Crippen LogP contribution in [0, 0.1) is 56.7 Å². The zero-order valence-corrected chi connectivity index (χ0v) is 27.9. The number of Topliss-reactive ketones (excluding diaryl/α,β-unsaturated/α-hetero) is 1. The van der Waals surface area contributed by atoms with Gasteiger partial charge in [-0.25, -0.2) is 4.79 Å². The Morgan fingerprint density at radius 2 is 1.58 bits per heavy atom. The van der Waals surface area contributed by atoms with Gasteiger partial charge in [0.2, 0.25) is 5.91 Å². The van der Waals surface area contributed by atoms with Gasteiger partial charge in [0, 0.05) is 11.8 Å². The Hall–Kier alpha value is -2.18. The van der Waals surface area contributed by atoms with Crippen molar-refractivity contribution in [1.29, 1.82) is 0 Å². The van der Waals surface area contributed by atoms with Crippen LogP contribution in [0.2, 0.25) is 0 Å². The summed E-state index contributed by atoms with van der Waals surface area (Å²) in [5.74, 6) is 0.795. The first-order valence-corrected chi connectivity index (χ1v) is 16.7. The third-order valence-corrected chi connectivity index (χ3v) is 14.7. The number of rotatable bonds is 6. The number of methoxy groups -OCH3 is 2. The maximum atomic E-state index is 14.4. The fraction of sp³-hybridized carbons (Fsp3) is 0.833. The van der Waals surface area contributed by atoms with Crippen molar-refractivity contribution in [2.24, 2.45) is 56.7 Å². The number of hydrogen-bond donors (Lipinski definition) is 1. The van der Waals surface area contributed by atoms with Crippen molar-refractivity contribution in [1.82, 2.24) is 5.32 Å². The summed E-state index contributed by atoms with van der Waals surface area (Å²) in [4.78, 5) is 52.3. The van der Waals surface area contributed by atoms with Crippen molar-refractivity contribution in [2.75, 3.05) is 14.2 Å². The standard InChI is InChI=1S/C36H55NO6/c1-21(2)22-12-17-36(31(41)37-24(30(40)43-9)20-28(39)42-8)19-18-34(6)23(29(22)36)10-11-26-33(5)15-14-27(38)32(3,4)25(33)13-16-35(26,34)7/h22-26,29H,1,10-20H2,2-9H3,(H,37,41)/t22-,23+,24-,25-,26+,29+,33-,34+,35+,36-/m0/s1. The van der Waals surface area contributed by atoms with E-state index in [1.165, 1.54) is 14.2 Å². The summed E-state index contributed by atoms with van der Waals surface area (Å²) in [6.07, 6.45) is 9.21. The third-order valence-electron chi connectivity index (χ3n) is 14.7. The van der Waals surface area contributed by atoms with Gasteiger partial charge in [-0.2, -0.15) is 0 Å². The monoisotopic (exact) mass is 597 g/mol. The highest BCUT2D eigenvalue weighted by Crippen LogP contribution is 2.77. The van der Waals surface area contributed by atoms with Crippen molar-refractivity contribution in [3.05, 3.63) is 12.2 Å². The van der Waals surface area contributed by atoms with Crippen LogP contribution in [0.1, 0.15) is 112 Å². The van der Waals surface area contributed by atoms with Crippen LogP contribution in [0.25, 0.3) is 0 Å². The van der Waals surface area contributed by atoms with Crippen molar-refractivity contribution in [3.8, 4) is 0 Å².